The molecule has 0 aliphatic carbocycles. The van der Waals surface area contributed by atoms with Crippen LogP contribution in [0, 0.1) is 20.8 Å². The Morgan fingerprint density at radius 2 is 1.82 bits per heavy atom. The normalized spacial score (nSPS) is 14.5. The van der Waals surface area contributed by atoms with Crippen LogP contribution < -0.4 is 10.2 Å². The molecule has 3 aromatic rings. The predicted octanol–water partition coefficient (Wildman–Crippen LogP) is 7.06. The van der Waals surface area contributed by atoms with E-state index in [0.717, 1.165) is 56.7 Å². The van der Waals surface area contributed by atoms with E-state index in [2.05, 4.69) is 83.7 Å². The van der Waals surface area contributed by atoms with Crippen molar-refractivity contribution in [3.05, 3.63) is 58.8 Å². The molecule has 1 aliphatic heterocycles. The molecule has 212 valence electrons. The molecule has 0 saturated carbocycles. The topological polar surface area (TPSA) is 62.5 Å². The minimum atomic E-state index is 0.289. The fourth-order valence-electron chi connectivity index (χ4n) is 4.60. The van der Waals surface area contributed by atoms with Crippen molar-refractivity contribution in [1.82, 2.24) is 19.7 Å². The number of carbonyl (C=O) groups excluding carboxylic acids is 1. The maximum Gasteiger partial charge on any atom is 0.139 e. The summed E-state index contributed by atoms with van der Waals surface area (Å²) in [4.78, 5) is 21.4. The number of Topliss-reactive ketones (excluding diaryl/α,β-unsaturated/α-hetero) is 1. The minimum Gasteiger partial charge on any atom is -0.368 e. The van der Waals surface area contributed by atoms with Crippen LogP contribution >= 0.6 is 0 Å². The average molecular weight is 524 g/mol. The van der Waals surface area contributed by atoms with Crippen molar-refractivity contribution in [3.63, 3.8) is 0 Å². The van der Waals surface area contributed by atoms with Crippen LogP contribution in [0.2, 0.25) is 0 Å². The first-order valence-electron chi connectivity index (χ1n) is 14.6. The molecule has 1 saturated heterocycles. The number of nitrogens with zero attached hydrogens (tertiary/aromatic N) is 4. The Morgan fingerprint density at radius 3 is 2.37 bits per heavy atom. The summed E-state index contributed by atoms with van der Waals surface area (Å²) in [6.45, 7) is 23.8. The third-order valence-corrected chi connectivity index (χ3v) is 6.38. The van der Waals surface area contributed by atoms with Crippen molar-refractivity contribution >= 4 is 17.1 Å². The van der Waals surface area contributed by atoms with Crippen molar-refractivity contribution in [2.75, 3.05) is 24.5 Å². The fraction of sp³-hybridized carbons (Fsp3) is 0.594. The minimum absolute atomic E-state index is 0.289. The van der Waals surface area contributed by atoms with E-state index in [-0.39, 0.29) is 5.78 Å². The first kappa shape index (κ1) is 33.3. The molecule has 6 heteroatoms. The highest BCUT2D eigenvalue weighted by molar-refractivity contribution is 5.75. The Labute approximate surface area is 232 Å². The summed E-state index contributed by atoms with van der Waals surface area (Å²) >= 11 is 0. The molecule has 38 heavy (non-hydrogen) atoms. The van der Waals surface area contributed by atoms with Crippen molar-refractivity contribution in [2.24, 2.45) is 0 Å². The highest BCUT2D eigenvalue weighted by Crippen LogP contribution is 2.24. The summed E-state index contributed by atoms with van der Waals surface area (Å²) in [5, 5.41) is 3.49. The number of ketones is 1. The number of piperazine rings is 1. The number of rotatable bonds is 6. The molecule has 1 fully saturated rings. The quantitative estimate of drug-likeness (QED) is 0.375. The second-order valence-electron chi connectivity index (χ2n) is 9.90. The SMILES string of the molecule is CC.CCCC(C)=O.CCCc1c(N2CCNC(C)C2)ccnc1C.CCc1cc(C)c2nc(C)cn2c1. The van der Waals surface area contributed by atoms with E-state index in [0.29, 0.717) is 6.04 Å². The standard InChI is InChI=1S/C14H23N3.C11H14N2.C5H10O.C2H6/c1-4-5-13-12(3)16-7-6-14(13)17-9-8-15-11(2)10-17;1-4-10-5-8(2)11-12-9(3)6-13(11)7-10;1-3-4-5(2)6;1-2/h6-7,11,15H,4-5,8-10H2,1-3H3;5-7H,4H2,1-3H3;3-4H2,1-2H3;1-2H3. The van der Waals surface area contributed by atoms with E-state index in [1.807, 2.05) is 33.9 Å². The lowest BCUT2D eigenvalue weighted by Gasteiger charge is -2.35. The molecule has 6 nitrogen and oxygen atoms in total. The second-order valence-corrected chi connectivity index (χ2v) is 9.90. The smallest absolute Gasteiger partial charge is 0.139 e. The zero-order chi connectivity index (χ0) is 28.7. The molecule has 4 rings (SSSR count). The molecule has 0 aromatic carbocycles. The van der Waals surface area contributed by atoms with Gasteiger partial charge in [0.05, 0.1) is 5.69 Å². The van der Waals surface area contributed by atoms with Crippen LogP contribution in [0.3, 0.4) is 0 Å². The van der Waals surface area contributed by atoms with E-state index >= 15 is 0 Å². The van der Waals surface area contributed by atoms with Gasteiger partial charge in [-0.25, -0.2) is 4.98 Å². The summed E-state index contributed by atoms with van der Waals surface area (Å²) in [6, 6.07) is 4.96. The Bertz CT molecular complexity index is 1100. The van der Waals surface area contributed by atoms with Crippen LogP contribution in [0.15, 0.2) is 30.7 Å². The summed E-state index contributed by atoms with van der Waals surface area (Å²) in [7, 11) is 0. The fourth-order valence-corrected chi connectivity index (χ4v) is 4.60. The third kappa shape index (κ3) is 10.6. The number of pyridine rings is 2. The van der Waals surface area contributed by atoms with E-state index in [9.17, 15) is 4.79 Å². The molecule has 1 atom stereocenters. The van der Waals surface area contributed by atoms with Gasteiger partial charge in [0, 0.05) is 62.1 Å². The number of imidazole rings is 1. The number of aryl methyl sites for hydroxylation is 4. The molecule has 1 unspecified atom stereocenters. The number of hydrogen-bond acceptors (Lipinski definition) is 5. The van der Waals surface area contributed by atoms with Gasteiger partial charge in [0.1, 0.15) is 11.4 Å². The van der Waals surface area contributed by atoms with Gasteiger partial charge in [0.2, 0.25) is 0 Å². The van der Waals surface area contributed by atoms with Gasteiger partial charge in [-0.3, -0.25) is 4.98 Å². The molecule has 0 amide bonds. The van der Waals surface area contributed by atoms with Crippen LogP contribution in [-0.4, -0.2) is 45.8 Å². The number of hydrogen-bond donors (Lipinski definition) is 1. The van der Waals surface area contributed by atoms with Crippen molar-refractivity contribution < 1.29 is 4.79 Å². The molecule has 0 spiro atoms. The Balaban J connectivity index is 0.000000304. The average Bonchev–Trinajstić information content (AvgIpc) is 3.28. The van der Waals surface area contributed by atoms with Gasteiger partial charge in [-0.2, -0.15) is 0 Å². The van der Waals surface area contributed by atoms with E-state index in [4.69, 9.17) is 0 Å². The third-order valence-electron chi connectivity index (χ3n) is 6.38. The van der Waals surface area contributed by atoms with Crippen LogP contribution in [0.1, 0.15) is 95.8 Å². The summed E-state index contributed by atoms with van der Waals surface area (Å²) < 4.78 is 2.11. The van der Waals surface area contributed by atoms with Crippen LogP contribution in [0.25, 0.3) is 5.65 Å². The van der Waals surface area contributed by atoms with Gasteiger partial charge in [0.15, 0.2) is 0 Å². The molecule has 1 N–H and O–H groups in total. The maximum absolute atomic E-state index is 10.0. The number of carbonyl (C=O) groups is 1. The number of nitrogens with one attached hydrogen (secondary N) is 1. The zero-order valence-electron chi connectivity index (χ0n) is 25.8. The van der Waals surface area contributed by atoms with Gasteiger partial charge < -0.3 is 19.4 Å². The first-order valence-corrected chi connectivity index (χ1v) is 14.6. The van der Waals surface area contributed by atoms with E-state index in [1.165, 1.54) is 34.5 Å². The van der Waals surface area contributed by atoms with Crippen LogP contribution in [-0.2, 0) is 17.6 Å². The van der Waals surface area contributed by atoms with E-state index < -0.39 is 0 Å². The molecule has 0 bridgehead atoms. The van der Waals surface area contributed by atoms with Gasteiger partial charge in [-0.05, 0) is 76.6 Å². The maximum atomic E-state index is 10.0. The lowest BCUT2D eigenvalue weighted by Crippen LogP contribution is -2.49. The number of anilines is 1. The zero-order valence-corrected chi connectivity index (χ0v) is 25.8. The first-order chi connectivity index (χ1) is 18.2. The molecule has 3 aromatic heterocycles. The van der Waals surface area contributed by atoms with Crippen molar-refractivity contribution in [2.45, 2.75) is 107 Å². The monoisotopic (exact) mass is 523 g/mol. The lowest BCUT2D eigenvalue weighted by atomic mass is 10.0. The van der Waals surface area contributed by atoms with E-state index in [1.54, 1.807) is 6.92 Å². The molecule has 4 heterocycles. The molecular weight excluding hydrogens is 470 g/mol. The number of aromatic nitrogens is 3. The molecule has 0 radical (unpaired) electrons. The van der Waals surface area contributed by atoms with Crippen molar-refractivity contribution in [3.8, 4) is 0 Å². The van der Waals surface area contributed by atoms with Crippen LogP contribution in [0.5, 0.6) is 0 Å². The van der Waals surface area contributed by atoms with Crippen LogP contribution in [0.4, 0.5) is 5.69 Å². The van der Waals surface area contributed by atoms with Gasteiger partial charge in [-0.1, -0.05) is 47.1 Å². The summed E-state index contributed by atoms with van der Waals surface area (Å²) in [6.07, 6.45) is 11.3. The lowest BCUT2D eigenvalue weighted by molar-refractivity contribution is -0.117. The summed E-state index contributed by atoms with van der Waals surface area (Å²) in [5.74, 6) is 0.289. The largest absolute Gasteiger partial charge is 0.368 e. The van der Waals surface area contributed by atoms with Gasteiger partial charge >= 0.3 is 0 Å². The Kier molecular flexibility index (Phi) is 15.5. The van der Waals surface area contributed by atoms with Gasteiger partial charge in [0.25, 0.3) is 0 Å². The second kappa shape index (κ2) is 17.7. The predicted molar refractivity (Wildman–Crippen MR) is 164 cm³/mol. The number of fused-ring (bicyclic) bond motifs is 1. The highest BCUT2D eigenvalue weighted by atomic mass is 16.1. The highest BCUT2D eigenvalue weighted by Gasteiger charge is 2.19. The van der Waals surface area contributed by atoms with Gasteiger partial charge in [-0.15, -0.1) is 0 Å². The summed E-state index contributed by atoms with van der Waals surface area (Å²) in [5.41, 5.74) is 8.80. The Morgan fingerprint density at radius 1 is 1.11 bits per heavy atom. The molecule has 1 aliphatic rings. The Hall–Kier alpha value is -2.73. The molecular formula is C32H53N5O. The van der Waals surface area contributed by atoms with Crippen molar-refractivity contribution in [1.29, 1.82) is 0 Å².